The number of carbonyl (C=O) groups excluding carboxylic acids is 1. The van der Waals surface area contributed by atoms with Crippen LogP contribution in [0, 0.1) is 5.41 Å². The minimum Gasteiger partial charge on any atom is -0.355 e. The van der Waals surface area contributed by atoms with Gasteiger partial charge in [0.05, 0.1) is 12.0 Å². The molecule has 23 heavy (non-hydrogen) atoms. The first-order chi connectivity index (χ1) is 11.0. The summed E-state index contributed by atoms with van der Waals surface area (Å²) in [6.45, 7) is 1.13. The van der Waals surface area contributed by atoms with Crippen molar-refractivity contribution in [2.45, 2.75) is 32.2 Å². The Morgan fingerprint density at radius 1 is 1.39 bits per heavy atom. The third kappa shape index (κ3) is 4.00. The van der Waals surface area contributed by atoms with Crippen LogP contribution in [-0.2, 0) is 18.4 Å². The van der Waals surface area contributed by atoms with Crippen molar-refractivity contribution in [2.24, 2.45) is 17.5 Å². The molecule has 0 radical (unpaired) electrons. The number of amides is 1. The van der Waals surface area contributed by atoms with E-state index in [0.29, 0.717) is 19.0 Å². The van der Waals surface area contributed by atoms with Gasteiger partial charge in [-0.3, -0.25) is 14.5 Å². The second-order valence-corrected chi connectivity index (χ2v) is 6.27. The number of hydrogen-bond acceptors (Lipinski definition) is 4. The molecular weight excluding hydrogens is 294 g/mol. The van der Waals surface area contributed by atoms with Crippen molar-refractivity contribution in [3.05, 3.63) is 12.2 Å². The first kappa shape index (κ1) is 17.2. The van der Waals surface area contributed by atoms with Crippen molar-refractivity contribution >= 4 is 11.9 Å². The lowest BCUT2D eigenvalue weighted by molar-refractivity contribution is -0.138. The van der Waals surface area contributed by atoms with E-state index in [1.54, 1.807) is 16.6 Å². The van der Waals surface area contributed by atoms with Crippen LogP contribution < -0.4 is 10.6 Å². The summed E-state index contributed by atoms with van der Waals surface area (Å²) in [5.41, 5.74) is -0.314. The van der Waals surface area contributed by atoms with E-state index in [-0.39, 0.29) is 11.3 Å². The minimum absolute atomic E-state index is 0.200. The van der Waals surface area contributed by atoms with Crippen molar-refractivity contribution in [3.63, 3.8) is 0 Å². The lowest BCUT2D eigenvalue weighted by Crippen LogP contribution is -2.49. The van der Waals surface area contributed by atoms with Crippen LogP contribution in [0.25, 0.3) is 0 Å². The molecule has 0 saturated heterocycles. The van der Waals surface area contributed by atoms with E-state index in [0.717, 1.165) is 31.5 Å². The molecule has 0 atom stereocenters. The zero-order valence-corrected chi connectivity index (χ0v) is 14.5. The number of nitrogens with one attached hydrogen (secondary N) is 2. The molecule has 0 unspecified atom stereocenters. The number of guanidine groups is 1. The summed E-state index contributed by atoms with van der Waals surface area (Å²) in [6, 6.07) is 0. The van der Waals surface area contributed by atoms with Gasteiger partial charge in [-0.2, -0.15) is 5.10 Å². The molecule has 0 aliphatic heterocycles. The highest BCUT2D eigenvalue weighted by atomic mass is 16.2. The van der Waals surface area contributed by atoms with Crippen LogP contribution >= 0.6 is 0 Å². The molecule has 0 aromatic carbocycles. The maximum Gasteiger partial charge on any atom is 0.230 e. The average molecular weight is 321 g/mol. The molecule has 1 aliphatic carbocycles. The van der Waals surface area contributed by atoms with E-state index >= 15 is 0 Å². The van der Waals surface area contributed by atoms with E-state index in [1.807, 2.05) is 21.1 Å². The summed E-state index contributed by atoms with van der Waals surface area (Å²) in [4.78, 5) is 22.7. The summed E-state index contributed by atoms with van der Waals surface area (Å²) in [5, 5.41) is 10.6. The van der Waals surface area contributed by atoms with E-state index in [4.69, 9.17) is 0 Å². The molecular formula is C15H27N7O. The third-order valence-corrected chi connectivity index (χ3v) is 4.46. The maximum atomic E-state index is 12.6. The number of aliphatic imine (C=N–C) groups is 1. The van der Waals surface area contributed by atoms with Gasteiger partial charge in [-0.05, 0) is 12.8 Å². The van der Waals surface area contributed by atoms with E-state index in [9.17, 15) is 4.79 Å². The lowest BCUT2D eigenvalue weighted by atomic mass is 9.84. The van der Waals surface area contributed by atoms with Crippen LogP contribution in [0.3, 0.4) is 0 Å². The van der Waals surface area contributed by atoms with Crippen LogP contribution in [-0.4, -0.2) is 59.2 Å². The highest BCUT2D eigenvalue weighted by molar-refractivity contribution is 5.85. The molecule has 1 aromatic rings. The van der Waals surface area contributed by atoms with Crippen molar-refractivity contribution < 1.29 is 4.79 Å². The highest BCUT2D eigenvalue weighted by Gasteiger charge is 2.42. The minimum atomic E-state index is -0.314. The van der Waals surface area contributed by atoms with Gasteiger partial charge in [-0.25, -0.2) is 4.98 Å². The Hall–Kier alpha value is -2.12. The van der Waals surface area contributed by atoms with Gasteiger partial charge in [0, 0.05) is 34.7 Å². The second-order valence-electron chi connectivity index (χ2n) is 6.27. The molecule has 0 spiro atoms. The molecule has 1 heterocycles. The van der Waals surface area contributed by atoms with Crippen LogP contribution in [0.2, 0.25) is 0 Å². The van der Waals surface area contributed by atoms with Crippen molar-refractivity contribution in [2.75, 3.05) is 27.7 Å². The normalized spacial score (nSPS) is 17.1. The monoisotopic (exact) mass is 321 g/mol. The molecule has 1 aromatic heterocycles. The average Bonchev–Trinajstić information content (AvgIpc) is 3.17. The zero-order valence-electron chi connectivity index (χ0n) is 14.5. The smallest absolute Gasteiger partial charge is 0.230 e. The molecule has 128 valence electrons. The number of rotatable bonds is 5. The van der Waals surface area contributed by atoms with Gasteiger partial charge in [-0.1, -0.05) is 12.8 Å². The molecule has 8 nitrogen and oxygen atoms in total. The fraction of sp³-hybridized carbons (Fsp3) is 0.733. The van der Waals surface area contributed by atoms with Crippen molar-refractivity contribution in [1.29, 1.82) is 0 Å². The molecule has 1 saturated carbocycles. The number of aryl methyl sites for hydroxylation is 1. The summed E-state index contributed by atoms with van der Waals surface area (Å²) in [5.74, 6) is 1.70. The molecule has 0 bridgehead atoms. The van der Waals surface area contributed by atoms with Gasteiger partial charge < -0.3 is 15.5 Å². The molecule has 1 aliphatic rings. The Bertz CT molecular complexity index is 558. The van der Waals surface area contributed by atoms with Gasteiger partial charge >= 0.3 is 0 Å². The van der Waals surface area contributed by atoms with E-state index in [1.165, 1.54) is 6.33 Å². The summed E-state index contributed by atoms with van der Waals surface area (Å²) in [7, 11) is 7.22. The van der Waals surface area contributed by atoms with Gasteiger partial charge in [-0.15, -0.1) is 0 Å². The fourth-order valence-corrected chi connectivity index (χ4v) is 3.11. The Morgan fingerprint density at radius 2 is 2.09 bits per heavy atom. The number of carbonyl (C=O) groups is 1. The fourth-order valence-electron chi connectivity index (χ4n) is 3.11. The first-order valence-corrected chi connectivity index (χ1v) is 7.98. The quantitative estimate of drug-likeness (QED) is 0.594. The van der Waals surface area contributed by atoms with Crippen LogP contribution in [0.5, 0.6) is 0 Å². The van der Waals surface area contributed by atoms with E-state index < -0.39 is 0 Å². The van der Waals surface area contributed by atoms with Crippen LogP contribution in [0.1, 0.15) is 31.5 Å². The number of nitrogens with zero attached hydrogens (tertiary/aromatic N) is 5. The van der Waals surface area contributed by atoms with Gasteiger partial charge in [0.25, 0.3) is 0 Å². The highest BCUT2D eigenvalue weighted by Crippen LogP contribution is 2.38. The predicted octanol–water partition coefficient (Wildman–Crippen LogP) is 0.129. The Morgan fingerprint density at radius 3 is 2.61 bits per heavy atom. The molecule has 2 rings (SSSR count). The third-order valence-electron chi connectivity index (χ3n) is 4.46. The Labute approximate surface area is 137 Å². The molecule has 1 fully saturated rings. The summed E-state index contributed by atoms with van der Waals surface area (Å²) >= 11 is 0. The SMILES string of the molecule is CN=C(NCc1ncnn1C)NCC1(C(=O)N(C)C)CCCC1. The molecule has 2 N–H and O–H groups in total. The van der Waals surface area contributed by atoms with E-state index in [2.05, 4.69) is 25.7 Å². The van der Waals surface area contributed by atoms with Gasteiger partial charge in [0.1, 0.15) is 12.2 Å². The molecule has 1 amide bonds. The standard InChI is InChI=1S/C15H27N7O/c1-16-14(17-9-12-19-11-20-22(12)4)18-10-15(7-5-6-8-15)13(23)21(2)3/h11H,5-10H2,1-4H3,(H2,16,17,18). The zero-order chi connectivity index (χ0) is 16.9. The predicted molar refractivity (Wildman–Crippen MR) is 88.8 cm³/mol. The largest absolute Gasteiger partial charge is 0.355 e. The van der Waals surface area contributed by atoms with Crippen LogP contribution in [0.4, 0.5) is 0 Å². The topological polar surface area (TPSA) is 87.4 Å². The van der Waals surface area contributed by atoms with Crippen LogP contribution in [0.15, 0.2) is 11.3 Å². The van der Waals surface area contributed by atoms with Gasteiger partial charge in [0.2, 0.25) is 5.91 Å². The second kappa shape index (κ2) is 7.43. The van der Waals surface area contributed by atoms with Crippen molar-refractivity contribution in [1.82, 2.24) is 30.3 Å². The summed E-state index contributed by atoms with van der Waals surface area (Å²) in [6.07, 6.45) is 5.59. The first-order valence-electron chi connectivity index (χ1n) is 7.98. The summed E-state index contributed by atoms with van der Waals surface area (Å²) < 4.78 is 1.72. The Kier molecular flexibility index (Phi) is 5.57. The Balaban J connectivity index is 1.93. The maximum absolute atomic E-state index is 12.6. The van der Waals surface area contributed by atoms with Crippen molar-refractivity contribution in [3.8, 4) is 0 Å². The number of aromatic nitrogens is 3. The molecule has 8 heteroatoms. The number of hydrogen-bond donors (Lipinski definition) is 2. The van der Waals surface area contributed by atoms with Gasteiger partial charge in [0.15, 0.2) is 5.96 Å². The lowest BCUT2D eigenvalue weighted by Gasteiger charge is -2.31.